The summed E-state index contributed by atoms with van der Waals surface area (Å²) in [4.78, 5) is 9.26. The minimum absolute atomic E-state index is 0.148. The highest BCUT2D eigenvalue weighted by atomic mass is 32.2. The van der Waals surface area contributed by atoms with Crippen LogP contribution in [-0.4, -0.2) is 42.0 Å². The van der Waals surface area contributed by atoms with E-state index in [0.717, 1.165) is 23.5 Å². The third kappa shape index (κ3) is 6.26. The molecule has 0 spiro atoms. The summed E-state index contributed by atoms with van der Waals surface area (Å²) in [5.74, 6) is 2.12. The summed E-state index contributed by atoms with van der Waals surface area (Å²) >= 11 is 1.67. The molecule has 0 heterocycles. The summed E-state index contributed by atoms with van der Waals surface area (Å²) < 4.78 is 0. The molecule has 0 radical (unpaired) electrons. The molecule has 0 saturated carbocycles. The van der Waals surface area contributed by atoms with Gasteiger partial charge in [0.1, 0.15) is 6.61 Å². The highest BCUT2D eigenvalue weighted by Crippen LogP contribution is 2.13. The van der Waals surface area contributed by atoms with Crippen molar-refractivity contribution in [3.05, 3.63) is 11.3 Å². The molecule has 0 amide bonds. The van der Waals surface area contributed by atoms with Gasteiger partial charge in [-0.15, -0.1) is 0 Å². The number of hydrogen-bond acceptors (Lipinski definition) is 5. The molecule has 4 nitrogen and oxygen atoms in total. The second-order valence-corrected chi connectivity index (χ2v) is 3.92. The smallest absolute Gasteiger partial charge is 0.166 e. The van der Waals surface area contributed by atoms with Crippen molar-refractivity contribution in [2.45, 2.75) is 13.3 Å². The Morgan fingerprint density at radius 1 is 1.29 bits per heavy atom. The summed E-state index contributed by atoms with van der Waals surface area (Å²) in [5, 5.41) is 17.5. The summed E-state index contributed by atoms with van der Waals surface area (Å²) in [6.45, 7) is 1.95. The molecule has 0 rings (SSSR count). The first-order valence-corrected chi connectivity index (χ1v) is 5.60. The van der Waals surface area contributed by atoms with E-state index in [9.17, 15) is 0 Å². The van der Waals surface area contributed by atoms with Crippen LogP contribution in [0.4, 0.5) is 0 Å². The van der Waals surface area contributed by atoms with E-state index in [-0.39, 0.29) is 13.2 Å². The molecule has 0 aromatic heterocycles. The second kappa shape index (κ2) is 9.33. The van der Waals surface area contributed by atoms with E-state index in [0.29, 0.717) is 5.76 Å². The molecule has 0 unspecified atom stereocenters. The van der Waals surface area contributed by atoms with Crippen molar-refractivity contribution in [1.29, 1.82) is 0 Å². The maximum Gasteiger partial charge on any atom is 0.166 e. The van der Waals surface area contributed by atoms with Gasteiger partial charge >= 0.3 is 0 Å². The maximum absolute atomic E-state index is 8.92. The fraction of sp³-hybridized carbons (Fsp3) is 0.778. The first-order chi connectivity index (χ1) is 6.76. The second-order valence-electron chi connectivity index (χ2n) is 2.70. The molecular weight excluding hydrogens is 204 g/mol. The lowest BCUT2D eigenvalue weighted by Gasteiger charge is -2.08. The lowest BCUT2D eigenvalue weighted by molar-refractivity contribution is -0.243. The standard InChI is InChI=1S/C9H18O4S/c1-8(3-5-14-6-4-10)9(7-11)13-12-2/h10-11H,3-7H2,1-2H3/b9-8-. The number of rotatable bonds is 8. The van der Waals surface area contributed by atoms with Gasteiger partial charge in [-0.2, -0.15) is 16.6 Å². The van der Waals surface area contributed by atoms with E-state index in [4.69, 9.17) is 15.1 Å². The number of aliphatic hydroxyl groups is 2. The quantitative estimate of drug-likeness (QED) is 0.277. The number of aliphatic hydroxyl groups excluding tert-OH is 2. The number of allylic oxidation sites excluding steroid dienone is 1. The molecule has 0 bridgehead atoms. The van der Waals surface area contributed by atoms with Crippen molar-refractivity contribution in [3.63, 3.8) is 0 Å². The Morgan fingerprint density at radius 2 is 2.00 bits per heavy atom. The van der Waals surface area contributed by atoms with Gasteiger partial charge in [-0.05, 0) is 24.7 Å². The zero-order chi connectivity index (χ0) is 10.8. The average Bonchev–Trinajstić information content (AvgIpc) is 2.20. The molecule has 5 heteroatoms. The van der Waals surface area contributed by atoms with Crippen molar-refractivity contribution in [2.75, 3.05) is 31.8 Å². The lowest BCUT2D eigenvalue weighted by atomic mass is 10.2. The van der Waals surface area contributed by atoms with E-state index in [1.165, 1.54) is 7.11 Å². The van der Waals surface area contributed by atoms with Crippen LogP contribution < -0.4 is 0 Å². The van der Waals surface area contributed by atoms with Gasteiger partial charge in [-0.3, -0.25) is 0 Å². The van der Waals surface area contributed by atoms with Gasteiger partial charge in [0.25, 0.3) is 0 Å². The largest absolute Gasteiger partial charge is 0.396 e. The van der Waals surface area contributed by atoms with Crippen LogP contribution in [0.25, 0.3) is 0 Å². The van der Waals surface area contributed by atoms with Crippen molar-refractivity contribution < 1.29 is 20.0 Å². The Morgan fingerprint density at radius 3 is 2.50 bits per heavy atom. The monoisotopic (exact) mass is 222 g/mol. The minimum Gasteiger partial charge on any atom is -0.396 e. The third-order valence-electron chi connectivity index (χ3n) is 1.66. The fourth-order valence-corrected chi connectivity index (χ4v) is 1.65. The number of thioether (sulfide) groups is 1. The van der Waals surface area contributed by atoms with Gasteiger partial charge < -0.3 is 15.1 Å². The van der Waals surface area contributed by atoms with Crippen molar-refractivity contribution in [3.8, 4) is 0 Å². The van der Waals surface area contributed by atoms with Crippen LogP contribution >= 0.6 is 11.8 Å². The summed E-state index contributed by atoms with van der Waals surface area (Å²) in [6, 6.07) is 0. The SMILES string of the molecule is COO/C(CO)=C(/C)CCSCCO. The zero-order valence-corrected chi connectivity index (χ0v) is 9.47. The Labute approximate surface area is 88.8 Å². The van der Waals surface area contributed by atoms with Gasteiger partial charge in [0, 0.05) is 5.75 Å². The van der Waals surface area contributed by atoms with Gasteiger partial charge in [-0.25, -0.2) is 0 Å². The van der Waals surface area contributed by atoms with E-state index >= 15 is 0 Å². The Kier molecular flexibility index (Phi) is 9.18. The lowest BCUT2D eigenvalue weighted by Crippen LogP contribution is -2.01. The molecule has 0 aliphatic carbocycles. The summed E-state index contributed by atoms with van der Waals surface area (Å²) in [5.41, 5.74) is 0.972. The van der Waals surface area contributed by atoms with Crippen LogP contribution in [0.1, 0.15) is 13.3 Å². The van der Waals surface area contributed by atoms with E-state index in [1.807, 2.05) is 6.92 Å². The van der Waals surface area contributed by atoms with E-state index in [2.05, 4.69) is 4.89 Å². The van der Waals surface area contributed by atoms with Gasteiger partial charge in [-0.1, -0.05) is 0 Å². The average molecular weight is 222 g/mol. The van der Waals surface area contributed by atoms with Crippen LogP contribution in [0.5, 0.6) is 0 Å². The van der Waals surface area contributed by atoms with Gasteiger partial charge in [0.15, 0.2) is 5.76 Å². The zero-order valence-electron chi connectivity index (χ0n) is 8.65. The Hall–Kier alpha value is -0.230. The Balaban J connectivity index is 3.80. The van der Waals surface area contributed by atoms with Gasteiger partial charge in [0.05, 0.1) is 13.7 Å². The molecule has 0 aliphatic heterocycles. The molecular formula is C9H18O4S. The summed E-state index contributed by atoms with van der Waals surface area (Å²) in [6.07, 6.45) is 0.823. The van der Waals surface area contributed by atoms with Crippen molar-refractivity contribution in [2.24, 2.45) is 0 Å². The third-order valence-corrected chi connectivity index (χ3v) is 2.62. The van der Waals surface area contributed by atoms with Gasteiger partial charge in [0.2, 0.25) is 0 Å². The molecule has 0 fully saturated rings. The molecule has 0 saturated heterocycles. The first kappa shape index (κ1) is 13.8. The molecule has 0 aliphatic rings. The van der Waals surface area contributed by atoms with Crippen LogP contribution in [-0.2, 0) is 9.78 Å². The first-order valence-electron chi connectivity index (χ1n) is 4.45. The Bertz CT molecular complexity index is 170. The van der Waals surface area contributed by atoms with Crippen LogP contribution in [0.3, 0.4) is 0 Å². The normalized spacial score (nSPS) is 12.6. The van der Waals surface area contributed by atoms with Crippen LogP contribution in [0, 0.1) is 0 Å². The highest BCUT2D eigenvalue weighted by molar-refractivity contribution is 7.99. The number of hydrogen-bond donors (Lipinski definition) is 2. The maximum atomic E-state index is 8.92. The van der Waals surface area contributed by atoms with E-state index < -0.39 is 0 Å². The molecule has 0 aromatic rings. The van der Waals surface area contributed by atoms with Crippen molar-refractivity contribution in [1.82, 2.24) is 0 Å². The van der Waals surface area contributed by atoms with E-state index in [1.54, 1.807) is 11.8 Å². The molecule has 0 aromatic carbocycles. The predicted octanol–water partition coefficient (Wildman–Crippen LogP) is 0.946. The highest BCUT2D eigenvalue weighted by Gasteiger charge is 2.03. The predicted molar refractivity (Wildman–Crippen MR) is 56.9 cm³/mol. The van der Waals surface area contributed by atoms with Crippen molar-refractivity contribution >= 4 is 11.8 Å². The minimum atomic E-state index is -0.148. The van der Waals surface area contributed by atoms with Crippen LogP contribution in [0.15, 0.2) is 11.3 Å². The summed E-state index contributed by atoms with van der Waals surface area (Å²) in [7, 11) is 1.41. The molecule has 0 atom stereocenters. The van der Waals surface area contributed by atoms with Crippen LogP contribution in [0.2, 0.25) is 0 Å². The molecule has 14 heavy (non-hydrogen) atoms. The topological polar surface area (TPSA) is 58.9 Å². The fourth-order valence-electron chi connectivity index (χ4n) is 0.864. The molecule has 2 N–H and O–H groups in total. The molecule has 84 valence electrons.